The predicted molar refractivity (Wildman–Crippen MR) is 13.4 cm³/mol. The van der Waals surface area contributed by atoms with Crippen molar-refractivity contribution in [1.29, 1.82) is 0 Å². The van der Waals surface area contributed by atoms with Crippen LogP contribution in [0.5, 0.6) is 0 Å². The summed E-state index contributed by atoms with van der Waals surface area (Å²) in [6.07, 6.45) is 0. The second-order valence-electron chi connectivity index (χ2n) is 0.895. The fraction of sp³-hybridized carbons (Fsp3) is 0. The van der Waals surface area contributed by atoms with Gasteiger partial charge in [0.2, 0.25) is 0 Å². The van der Waals surface area contributed by atoms with E-state index >= 15 is 0 Å². The normalized spacial score (nSPS) is 9.00. The second kappa shape index (κ2) is 13.2. The SMILES string of the molecule is O=P([O-])([O-])[O-].[Na+].[Na+].[Na+].[O]=[Cr](=[O])([OH])[OH]. The van der Waals surface area contributed by atoms with Crippen LogP contribution >= 0.6 is 7.82 Å². The molecule has 0 aliphatic heterocycles. The van der Waals surface area contributed by atoms with Gasteiger partial charge in [0, 0.05) is 0 Å². The van der Waals surface area contributed by atoms with Gasteiger partial charge in [-0.1, -0.05) is 0 Å². The van der Waals surface area contributed by atoms with Crippen molar-refractivity contribution in [3.05, 3.63) is 0 Å². The molecule has 0 fully saturated rings. The molecule has 0 saturated carbocycles. The summed E-state index contributed by atoms with van der Waals surface area (Å²) in [4.78, 5) is 25.6. The van der Waals surface area contributed by atoms with Gasteiger partial charge in [0.1, 0.15) is 0 Å². The third-order valence-corrected chi connectivity index (χ3v) is 0. The molecular formula is H2CrNa3O8P. The molecule has 0 bridgehead atoms. The van der Waals surface area contributed by atoms with Crippen molar-refractivity contribution in [2.75, 3.05) is 0 Å². The average Bonchev–Trinajstić information content (AvgIpc) is 1.12. The Morgan fingerprint density at radius 2 is 0.923 bits per heavy atom. The van der Waals surface area contributed by atoms with Crippen LogP contribution in [0.25, 0.3) is 0 Å². The fourth-order valence-corrected chi connectivity index (χ4v) is 0. The van der Waals surface area contributed by atoms with Gasteiger partial charge < -0.3 is 19.2 Å². The fourth-order valence-electron chi connectivity index (χ4n) is 0. The molecule has 0 rings (SSSR count). The zero-order chi connectivity index (χ0) is 9.00. The van der Waals surface area contributed by atoms with E-state index in [-0.39, 0.29) is 88.7 Å². The van der Waals surface area contributed by atoms with E-state index < -0.39 is 21.4 Å². The van der Waals surface area contributed by atoms with Crippen LogP contribution in [0, 0.1) is 0 Å². The molecule has 8 nitrogen and oxygen atoms in total. The number of phosphoric acid groups is 1. The van der Waals surface area contributed by atoms with Gasteiger partial charge in [0.05, 0.1) is 0 Å². The van der Waals surface area contributed by atoms with Crippen molar-refractivity contribution in [2.24, 2.45) is 0 Å². The predicted octanol–water partition coefficient (Wildman–Crippen LogP) is -13.2. The molecule has 0 spiro atoms. The van der Waals surface area contributed by atoms with Crippen molar-refractivity contribution in [3.8, 4) is 0 Å². The maximum atomic E-state index is 8.82. The molecule has 0 aromatic carbocycles. The summed E-state index contributed by atoms with van der Waals surface area (Å²) in [6.45, 7) is 0. The Hall–Kier alpha value is 3.16. The summed E-state index contributed by atoms with van der Waals surface area (Å²) >= 11 is -5.25. The number of rotatable bonds is 0. The summed E-state index contributed by atoms with van der Waals surface area (Å²) < 4.78 is 40.4. The molecule has 0 aromatic heterocycles. The van der Waals surface area contributed by atoms with Crippen LogP contribution in [0.1, 0.15) is 0 Å². The van der Waals surface area contributed by atoms with Gasteiger partial charge in [-0.15, -0.1) is 0 Å². The first-order chi connectivity index (χ1) is 4.00. The van der Waals surface area contributed by atoms with Crippen LogP contribution in [0.4, 0.5) is 0 Å². The van der Waals surface area contributed by atoms with Crippen LogP contribution < -0.4 is 103 Å². The van der Waals surface area contributed by atoms with Crippen molar-refractivity contribution in [3.63, 3.8) is 0 Å². The average molecular weight is 282 g/mol. The van der Waals surface area contributed by atoms with E-state index in [9.17, 15) is 0 Å². The van der Waals surface area contributed by atoms with Crippen molar-refractivity contribution < 1.29 is 137 Å². The van der Waals surface area contributed by atoms with Gasteiger partial charge in [-0.25, -0.2) is 0 Å². The Balaban J connectivity index is -0.0000000267. The summed E-state index contributed by atoms with van der Waals surface area (Å²) in [5, 5.41) is 0. The monoisotopic (exact) mass is 282 g/mol. The minimum absolute atomic E-state index is 0. The molecule has 0 amide bonds. The van der Waals surface area contributed by atoms with Crippen molar-refractivity contribution in [1.82, 2.24) is 0 Å². The zero-order valence-corrected chi connectivity index (χ0v) is 15.4. The molecular weight excluding hydrogens is 280 g/mol. The summed E-state index contributed by atoms with van der Waals surface area (Å²) in [6, 6.07) is 0. The first-order valence-electron chi connectivity index (χ1n) is 1.43. The molecule has 0 atom stereocenters. The van der Waals surface area contributed by atoms with Crippen LogP contribution in [0.15, 0.2) is 0 Å². The van der Waals surface area contributed by atoms with Crippen LogP contribution in [0.2, 0.25) is 0 Å². The molecule has 13 heteroatoms. The molecule has 0 unspecified atom stereocenters. The number of hydrogen-bond donors (Lipinski definition) is 2. The Bertz CT molecular complexity index is 197. The minimum atomic E-state index is -5.39. The molecule has 0 aliphatic carbocycles. The third kappa shape index (κ3) is 263. The van der Waals surface area contributed by atoms with E-state index in [2.05, 4.69) is 0 Å². The van der Waals surface area contributed by atoms with Crippen LogP contribution in [-0.4, -0.2) is 8.32 Å². The molecule has 0 heterocycles. The van der Waals surface area contributed by atoms with E-state index in [0.717, 1.165) is 0 Å². The quantitative estimate of drug-likeness (QED) is 0.327. The van der Waals surface area contributed by atoms with Crippen LogP contribution in [-0.2, 0) is 25.8 Å². The number of hydrogen-bond acceptors (Lipinski definition) is 6. The standard InChI is InChI=1S/Cr.3Na.H3O4P.2H2O.2O/c;;;;1-5(2,3)4;;;;/h;;;;(H3,1,2,3,4);2*1H2;;/q+2;3*+1;;;;;/p-5. The summed E-state index contributed by atoms with van der Waals surface area (Å²) in [5.74, 6) is 0. The molecule has 0 aromatic rings. The summed E-state index contributed by atoms with van der Waals surface area (Å²) in [7, 11) is -5.39. The van der Waals surface area contributed by atoms with Crippen LogP contribution in [0.3, 0.4) is 0 Å². The Morgan fingerprint density at radius 1 is 0.923 bits per heavy atom. The Kier molecular flexibility index (Phi) is 30.3. The zero-order valence-electron chi connectivity index (χ0n) is 7.20. The van der Waals surface area contributed by atoms with Gasteiger partial charge in [0.25, 0.3) is 0 Å². The molecule has 0 radical (unpaired) electrons. The van der Waals surface area contributed by atoms with E-state index in [0.29, 0.717) is 0 Å². The van der Waals surface area contributed by atoms with Crippen molar-refractivity contribution >= 4 is 7.82 Å². The molecule has 13 heavy (non-hydrogen) atoms. The molecule has 0 saturated heterocycles. The first kappa shape index (κ1) is 29.8. The second-order valence-corrected chi connectivity index (χ2v) is 3.19. The Labute approximate surface area is 143 Å². The first-order valence-corrected chi connectivity index (χ1v) is 5.07. The maximum absolute atomic E-state index is 8.82. The van der Waals surface area contributed by atoms with E-state index in [4.69, 9.17) is 35.2 Å². The molecule has 64 valence electrons. The van der Waals surface area contributed by atoms with Gasteiger partial charge in [-0.2, -0.15) is 7.82 Å². The van der Waals surface area contributed by atoms with E-state index in [1.54, 1.807) is 0 Å². The van der Waals surface area contributed by atoms with Gasteiger partial charge in [-0.3, -0.25) is 0 Å². The van der Waals surface area contributed by atoms with Gasteiger partial charge >= 0.3 is 118 Å². The van der Waals surface area contributed by atoms with E-state index in [1.165, 1.54) is 0 Å². The topological polar surface area (TPSA) is 161 Å². The van der Waals surface area contributed by atoms with Gasteiger partial charge in [-0.05, 0) is 0 Å². The van der Waals surface area contributed by atoms with Crippen molar-refractivity contribution in [2.45, 2.75) is 0 Å². The third-order valence-electron chi connectivity index (χ3n) is 0. The van der Waals surface area contributed by atoms with E-state index in [1.807, 2.05) is 0 Å². The molecule has 2 N–H and O–H groups in total. The Morgan fingerprint density at radius 3 is 0.923 bits per heavy atom. The van der Waals surface area contributed by atoms with Gasteiger partial charge in [0.15, 0.2) is 0 Å². The summed E-state index contributed by atoms with van der Waals surface area (Å²) in [5.41, 5.74) is 0. The molecule has 0 aliphatic rings.